The van der Waals surface area contributed by atoms with Gasteiger partial charge in [0.2, 0.25) is 0 Å². The van der Waals surface area contributed by atoms with Crippen LogP contribution in [0.2, 0.25) is 0 Å². The molecule has 90 valence electrons. The van der Waals surface area contributed by atoms with Crippen LogP contribution in [0.15, 0.2) is 22.9 Å². The summed E-state index contributed by atoms with van der Waals surface area (Å²) >= 11 is 3.37. The van der Waals surface area contributed by atoms with Crippen LogP contribution >= 0.6 is 15.9 Å². The van der Waals surface area contributed by atoms with Gasteiger partial charge in [-0.15, -0.1) is 10.2 Å². The van der Waals surface area contributed by atoms with Gasteiger partial charge in [-0.3, -0.25) is 16.3 Å². The number of hydrazine groups is 1. The SMILES string of the molecule is Cn1nnc(CC(NN)c2cncc(Br)c2)n1. The minimum Gasteiger partial charge on any atom is -0.271 e. The quantitative estimate of drug-likeness (QED) is 0.615. The lowest BCUT2D eigenvalue weighted by molar-refractivity contribution is 0.534. The summed E-state index contributed by atoms with van der Waals surface area (Å²) < 4.78 is 0.905. The van der Waals surface area contributed by atoms with E-state index in [0.29, 0.717) is 12.2 Å². The van der Waals surface area contributed by atoms with Crippen molar-refractivity contribution in [2.45, 2.75) is 12.5 Å². The Bertz CT molecular complexity index is 498. The number of nitrogens with two attached hydrogens (primary N) is 1. The van der Waals surface area contributed by atoms with Crippen LogP contribution in [-0.4, -0.2) is 25.2 Å². The summed E-state index contributed by atoms with van der Waals surface area (Å²) in [5.41, 5.74) is 3.69. The number of aryl methyl sites for hydroxylation is 1. The molecule has 0 aliphatic carbocycles. The van der Waals surface area contributed by atoms with Gasteiger partial charge in [-0.2, -0.15) is 4.80 Å². The van der Waals surface area contributed by atoms with Gasteiger partial charge in [0, 0.05) is 23.3 Å². The van der Waals surface area contributed by atoms with E-state index in [1.54, 1.807) is 19.4 Å². The molecule has 0 saturated carbocycles. The van der Waals surface area contributed by atoms with Crippen molar-refractivity contribution in [2.24, 2.45) is 12.9 Å². The van der Waals surface area contributed by atoms with Crippen molar-refractivity contribution in [2.75, 3.05) is 0 Å². The number of hydrogen-bond acceptors (Lipinski definition) is 6. The molecule has 0 aromatic carbocycles. The van der Waals surface area contributed by atoms with Crippen molar-refractivity contribution < 1.29 is 0 Å². The summed E-state index contributed by atoms with van der Waals surface area (Å²) in [6.07, 6.45) is 4.03. The lowest BCUT2D eigenvalue weighted by Crippen LogP contribution is -2.30. The third-order valence-electron chi connectivity index (χ3n) is 2.27. The first-order chi connectivity index (χ1) is 8.19. The molecule has 2 aromatic rings. The van der Waals surface area contributed by atoms with Gasteiger partial charge in [0.05, 0.1) is 13.1 Å². The molecular formula is C9H12BrN7. The number of nitrogens with zero attached hydrogens (tertiary/aromatic N) is 5. The van der Waals surface area contributed by atoms with Gasteiger partial charge in [0.25, 0.3) is 0 Å². The molecule has 0 fully saturated rings. The highest BCUT2D eigenvalue weighted by atomic mass is 79.9. The number of tetrazole rings is 1. The van der Waals surface area contributed by atoms with Gasteiger partial charge in [-0.05, 0) is 32.8 Å². The van der Waals surface area contributed by atoms with E-state index in [1.807, 2.05) is 6.07 Å². The summed E-state index contributed by atoms with van der Waals surface area (Å²) in [6, 6.07) is 1.86. The van der Waals surface area contributed by atoms with E-state index in [4.69, 9.17) is 5.84 Å². The monoisotopic (exact) mass is 297 g/mol. The largest absolute Gasteiger partial charge is 0.271 e. The minimum absolute atomic E-state index is 0.0933. The Hall–Kier alpha value is -1.38. The Morgan fingerprint density at radius 3 is 2.94 bits per heavy atom. The van der Waals surface area contributed by atoms with E-state index in [9.17, 15) is 0 Å². The predicted molar refractivity (Wildman–Crippen MR) is 64.5 cm³/mol. The van der Waals surface area contributed by atoms with Crippen molar-refractivity contribution in [3.05, 3.63) is 34.3 Å². The zero-order valence-corrected chi connectivity index (χ0v) is 10.8. The molecule has 1 atom stereocenters. The second-order valence-corrected chi connectivity index (χ2v) is 4.47. The van der Waals surface area contributed by atoms with Gasteiger partial charge in [0.1, 0.15) is 0 Å². The van der Waals surface area contributed by atoms with E-state index >= 15 is 0 Å². The third-order valence-corrected chi connectivity index (χ3v) is 2.70. The highest BCUT2D eigenvalue weighted by Gasteiger charge is 2.14. The fraction of sp³-hybridized carbons (Fsp3) is 0.333. The first kappa shape index (κ1) is 12.1. The maximum absolute atomic E-state index is 5.53. The van der Waals surface area contributed by atoms with Crippen LogP contribution in [0.25, 0.3) is 0 Å². The molecule has 0 radical (unpaired) electrons. The molecular weight excluding hydrogens is 286 g/mol. The highest BCUT2D eigenvalue weighted by molar-refractivity contribution is 9.10. The Balaban J connectivity index is 2.16. The van der Waals surface area contributed by atoms with Crippen molar-refractivity contribution >= 4 is 15.9 Å². The molecule has 0 amide bonds. The topological polar surface area (TPSA) is 94.5 Å². The van der Waals surface area contributed by atoms with Crippen LogP contribution in [-0.2, 0) is 13.5 Å². The first-order valence-electron chi connectivity index (χ1n) is 4.98. The van der Waals surface area contributed by atoms with Crippen LogP contribution < -0.4 is 11.3 Å². The van der Waals surface area contributed by atoms with Crippen molar-refractivity contribution in [3.63, 3.8) is 0 Å². The minimum atomic E-state index is -0.0933. The average molecular weight is 298 g/mol. The number of halogens is 1. The van der Waals surface area contributed by atoms with Crippen LogP contribution in [0.3, 0.4) is 0 Å². The normalized spacial score (nSPS) is 12.6. The number of rotatable bonds is 4. The average Bonchev–Trinajstić information content (AvgIpc) is 2.72. The lowest BCUT2D eigenvalue weighted by Gasteiger charge is -2.13. The Kier molecular flexibility index (Phi) is 3.77. The van der Waals surface area contributed by atoms with Gasteiger partial charge in [-0.1, -0.05) is 0 Å². The maximum Gasteiger partial charge on any atom is 0.176 e. The molecule has 0 aliphatic heterocycles. The molecule has 0 aliphatic rings. The van der Waals surface area contributed by atoms with Crippen LogP contribution in [0.1, 0.15) is 17.4 Å². The van der Waals surface area contributed by atoms with Gasteiger partial charge in [-0.25, -0.2) is 0 Å². The molecule has 7 nitrogen and oxygen atoms in total. The van der Waals surface area contributed by atoms with E-state index in [1.165, 1.54) is 4.80 Å². The van der Waals surface area contributed by atoms with E-state index in [2.05, 4.69) is 41.8 Å². The molecule has 0 saturated heterocycles. The highest BCUT2D eigenvalue weighted by Crippen LogP contribution is 2.18. The fourth-order valence-corrected chi connectivity index (χ4v) is 1.86. The van der Waals surface area contributed by atoms with Crippen LogP contribution in [0, 0.1) is 0 Å². The maximum atomic E-state index is 5.53. The molecule has 3 N–H and O–H groups in total. The van der Waals surface area contributed by atoms with Gasteiger partial charge < -0.3 is 0 Å². The van der Waals surface area contributed by atoms with Crippen molar-refractivity contribution in [1.29, 1.82) is 0 Å². The second kappa shape index (κ2) is 5.30. The van der Waals surface area contributed by atoms with E-state index < -0.39 is 0 Å². The third kappa shape index (κ3) is 3.05. The zero-order chi connectivity index (χ0) is 12.3. The number of pyridine rings is 1. The summed E-state index contributed by atoms with van der Waals surface area (Å²) in [4.78, 5) is 5.51. The Labute approximate surface area is 107 Å². The molecule has 0 spiro atoms. The van der Waals surface area contributed by atoms with E-state index in [-0.39, 0.29) is 6.04 Å². The molecule has 8 heteroatoms. The van der Waals surface area contributed by atoms with Crippen molar-refractivity contribution in [1.82, 2.24) is 30.6 Å². The number of nitrogens with one attached hydrogen (secondary N) is 1. The van der Waals surface area contributed by atoms with E-state index in [0.717, 1.165) is 10.0 Å². The Morgan fingerprint density at radius 2 is 2.35 bits per heavy atom. The predicted octanol–water partition coefficient (Wildman–Crippen LogP) is 0.115. The molecule has 1 unspecified atom stereocenters. The molecule has 17 heavy (non-hydrogen) atoms. The number of hydrogen-bond donors (Lipinski definition) is 2. The first-order valence-corrected chi connectivity index (χ1v) is 5.78. The molecule has 2 rings (SSSR count). The zero-order valence-electron chi connectivity index (χ0n) is 9.21. The van der Waals surface area contributed by atoms with Crippen LogP contribution in [0.4, 0.5) is 0 Å². The van der Waals surface area contributed by atoms with Crippen LogP contribution in [0.5, 0.6) is 0 Å². The standard InChI is InChI=1S/C9H12BrN7/c1-17-15-9(14-16-17)3-8(13-11)6-2-7(10)5-12-4-6/h2,4-5,8,13H,3,11H2,1H3. The Morgan fingerprint density at radius 1 is 1.53 bits per heavy atom. The van der Waals surface area contributed by atoms with Gasteiger partial charge in [0.15, 0.2) is 5.82 Å². The van der Waals surface area contributed by atoms with Crippen molar-refractivity contribution in [3.8, 4) is 0 Å². The van der Waals surface area contributed by atoms with Gasteiger partial charge >= 0.3 is 0 Å². The lowest BCUT2D eigenvalue weighted by atomic mass is 10.1. The number of aromatic nitrogens is 5. The molecule has 2 heterocycles. The summed E-state index contributed by atoms with van der Waals surface area (Å²) in [5, 5.41) is 11.8. The summed E-state index contributed by atoms with van der Waals surface area (Å²) in [7, 11) is 1.72. The smallest absolute Gasteiger partial charge is 0.176 e. The molecule has 2 aromatic heterocycles. The summed E-state index contributed by atoms with van der Waals surface area (Å²) in [5.74, 6) is 6.17. The summed E-state index contributed by atoms with van der Waals surface area (Å²) in [6.45, 7) is 0. The molecule has 0 bridgehead atoms. The fourth-order valence-electron chi connectivity index (χ4n) is 1.48. The second-order valence-electron chi connectivity index (χ2n) is 3.55.